The summed E-state index contributed by atoms with van der Waals surface area (Å²) in [6.45, 7) is 4.87. The molecular weight excluding hydrogens is 380 g/mol. The highest BCUT2D eigenvalue weighted by atomic mass is 32.2. The van der Waals surface area contributed by atoms with E-state index in [9.17, 15) is 4.79 Å². The lowest BCUT2D eigenvalue weighted by atomic mass is 10.0. The van der Waals surface area contributed by atoms with Crippen molar-refractivity contribution in [1.82, 2.24) is 19.7 Å². The summed E-state index contributed by atoms with van der Waals surface area (Å²) in [6.07, 6.45) is 6.65. The molecule has 2 fully saturated rings. The molecule has 2 aliphatic rings. The lowest BCUT2D eigenvalue weighted by Crippen LogP contribution is -2.38. The van der Waals surface area contributed by atoms with Crippen molar-refractivity contribution in [3.05, 3.63) is 47.9 Å². The molecular formula is C23H26N4OS. The van der Waals surface area contributed by atoms with Crippen LogP contribution < -0.4 is 0 Å². The molecule has 1 atom stereocenters. The number of hydrogen-bond acceptors (Lipinski definition) is 5. The van der Waals surface area contributed by atoms with E-state index in [1.54, 1.807) is 11.6 Å². The summed E-state index contributed by atoms with van der Waals surface area (Å²) in [4.78, 5) is 19.3. The van der Waals surface area contributed by atoms with E-state index in [0.717, 1.165) is 46.3 Å². The largest absolute Gasteiger partial charge is 0.297 e. The number of hydrogen-bond donors (Lipinski definition) is 0. The average Bonchev–Trinajstić information content (AvgIpc) is 3.48. The van der Waals surface area contributed by atoms with Crippen LogP contribution in [-0.2, 0) is 13.6 Å². The monoisotopic (exact) mass is 406 g/mol. The number of benzene rings is 1. The Kier molecular flexibility index (Phi) is 4.92. The number of nitrogens with zero attached hydrogens (tertiary/aromatic N) is 4. The maximum atomic E-state index is 12.1. The molecule has 1 aromatic carbocycles. The molecule has 0 bridgehead atoms. The van der Waals surface area contributed by atoms with Gasteiger partial charge in [-0.1, -0.05) is 12.1 Å². The highest BCUT2D eigenvalue weighted by Gasteiger charge is 2.34. The Bertz CT molecular complexity index is 1070. The third kappa shape index (κ3) is 3.96. The van der Waals surface area contributed by atoms with Crippen molar-refractivity contribution in [2.45, 2.75) is 31.6 Å². The highest BCUT2D eigenvalue weighted by Crippen LogP contribution is 2.41. The Morgan fingerprint density at radius 2 is 2.14 bits per heavy atom. The number of carbonyl (C=O) groups excluding carboxylic acids is 1. The molecule has 0 radical (unpaired) electrons. The van der Waals surface area contributed by atoms with E-state index in [-0.39, 0.29) is 5.78 Å². The van der Waals surface area contributed by atoms with Crippen molar-refractivity contribution in [2.24, 2.45) is 13.0 Å². The first-order valence-corrected chi connectivity index (χ1v) is 11.4. The number of aromatic nitrogens is 3. The van der Waals surface area contributed by atoms with Crippen LogP contribution in [0.2, 0.25) is 0 Å². The fourth-order valence-corrected chi connectivity index (χ4v) is 5.77. The summed E-state index contributed by atoms with van der Waals surface area (Å²) in [5, 5.41) is 6.17. The van der Waals surface area contributed by atoms with Crippen molar-refractivity contribution in [3.8, 4) is 11.1 Å². The van der Waals surface area contributed by atoms with Gasteiger partial charge in [0.1, 0.15) is 5.69 Å². The molecule has 6 heteroatoms. The maximum absolute atomic E-state index is 12.1. The molecule has 5 nitrogen and oxygen atoms in total. The number of thioether (sulfide) groups is 1. The zero-order valence-corrected chi connectivity index (χ0v) is 17.8. The molecule has 1 saturated carbocycles. The van der Waals surface area contributed by atoms with Gasteiger partial charge < -0.3 is 0 Å². The highest BCUT2D eigenvalue weighted by molar-refractivity contribution is 8.00. The minimum absolute atomic E-state index is 0.0113. The minimum Gasteiger partial charge on any atom is -0.297 e. The molecule has 1 aliphatic heterocycles. The van der Waals surface area contributed by atoms with Crippen molar-refractivity contribution < 1.29 is 4.79 Å². The van der Waals surface area contributed by atoms with E-state index in [2.05, 4.69) is 44.9 Å². The van der Waals surface area contributed by atoms with Crippen molar-refractivity contribution >= 4 is 28.4 Å². The van der Waals surface area contributed by atoms with E-state index in [1.165, 1.54) is 30.7 Å². The fraction of sp³-hybridized carbons (Fsp3) is 0.435. The zero-order chi connectivity index (χ0) is 20.0. The van der Waals surface area contributed by atoms with Crippen LogP contribution in [0.15, 0.2) is 36.7 Å². The van der Waals surface area contributed by atoms with Crippen LogP contribution in [-0.4, -0.2) is 49.5 Å². The van der Waals surface area contributed by atoms with Crippen LogP contribution in [0.25, 0.3) is 22.0 Å². The molecule has 0 spiro atoms. The molecule has 29 heavy (non-hydrogen) atoms. The van der Waals surface area contributed by atoms with Crippen molar-refractivity contribution in [3.63, 3.8) is 0 Å². The lowest BCUT2D eigenvalue weighted by Gasteiger charge is -2.32. The van der Waals surface area contributed by atoms with Gasteiger partial charge in [-0.05, 0) is 42.0 Å². The first-order valence-electron chi connectivity index (χ1n) is 10.3. The number of ketones is 1. The molecule has 1 saturated heterocycles. The number of fused-ring (bicyclic) bond motifs is 1. The predicted molar refractivity (Wildman–Crippen MR) is 118 cm³/mol. The van der Waals surface area contributed by atoms with Crippen LogP contribution in [0.3, 0.4) is 0 Å². The second-order valence-corrected chi connectivity index (χ2v) is 9.69. The topological polar surface area (TPSA) is 51.0 Å². The third-order valence-electron chi connectivity index (χ3n) is 5.98. The second kappa shape index (κ2) is 7.58. The van der Waals surface area contributed by atoms with E-state index >= 15 is 0 Å². The summed E-state index contributed by atoms with van der Waals surface area (Å²) in [5.74, 6) is 2.16. The van der Waals surface area contributed by atoms with Gasteiger partial charge in [0.2, 0.25) is 0 Å². The van der Waals surface area contributed by atoms with E-state index in [0.29, 0.717) is 5.69 Å². The predicted octanol–water partition coefficient (Wildman–Crippen LogP) is 4.17. The maximum Gasteiger partial charge on any atom is 0.178 e. The van der Waals surface area contributed by atoms with Crippen LogP contribution in [0.4, 0.5) is 0 Å². The van der Waals surface area contributed by atoms with Crippen LogP contribution in [0.5, 0.6) is 0 Å². The fourth-order valence-electron chi connectivity index (χ4n) is 4.24. The van der Waals surface area contributed by atoms with Gasteiger partial charge in [-0.2, -0.15) is 16.9 Å². The van der Waals surface area contributed by atoms with Crippen molar-refractivity contribution in [2.75, 3.05) is 18.8 Å². The summed E-state index contributed by atoms with van der Waals surface area (Å²) in [6, 6.07) is 8.42. The van der Waals surface area contributed by atoms with Gasteiger partial charge >= 0.3 is 0 Å². The van der Waals surface area contributed by atoms with Gasteiger partial charge in [0.15, 0.2) is 5.78 Å². The SMILES string of the molecule is CC(=O)c1cc(-c2cnn(C)c2)c2ccc(CN3CCSC(C4CC4)C3)cc2n1. The van der Waals surface area contributed by atoms with Crippen LogP contribution in [0.1, 0.15) is 35.8 Å². The van der Waals surface area contributed by atoms with E-state index in [1.807, 2.05) is 25.5 Å². The van der Waals surface area contributed by atoms with E-state index in [4.69, 9.17) is 0 Å². The number of aryl methyl sites for hydroxylation is 1. The molecule has 3 aromatic rings. The van der Waals surface area contributed by atoms with E-state index < -0.39 is 0 Å². The Balaban J connectivity index is 1.48. The molecule has 1 unspecified atom stereocenters. The number of rotatable bonds is 5. The van der Waals surface area contributed by atoms with Gasteiger partial charge in [-0.3, -0.25) is 14.4 Å². The van der Waals surface area contributed by atoms with Crippen LogP contribution in [0, 0.1) is 5.92 Å². The minimum atomic E-state index is -0.0113. The molecule has 1 aliphatic carbocycles. The molecule has 150 valence electrons. The van der Waals surface area contributed by atoms with Gasteiger partial charge in [0.25, 0.3) is 0 Å². The molecule has 0 amide bonds. The molecule has 2 aromatic heterocycles. The number of pyridine rings is 1. The average molecular weight is 407 g/mol. The number of Topliss-reactive ketones (excluding diaryl/α,β-unsaturated/α-hetero) is 1. The smallest absolute Gasteiger partial charge is 0.178 e. The summed E-state index contributed by atoms with van der Waals surface area (Å²) < 4.78 is 1.79. The Hall–Kier alpha value is -2.18. The summed E-state index contributed by atoms with van der Waals surface area (Å²) in [7, 11) is 1.91. The second-order valence-electron chi connectivity index (χ2n) is 8.35. The van der Waals surface area contributed by atoms with Crippen LogP contribution >= 0.6 is 11.8 Å². The Morgan fingerprint density at radius 3 is 2.86 bits per heavy atom. The quantitative estimate of drug-likeness (QED) is 0.596. The third-order valence-corrected chi connectivity index (χ3v) is 7.36. The number of carbonyl (C=O) groups is 1. The first-order chi connectivity index (χ1) is 14.1. The summed E-state index contributed by atoms with van der Waals surface area (Å²) in [5.41, 5.74) is 4.69. The normalized spacial score (nSPS) is 20.3. The standard InChI is InChI=1S/C23H26N4OS/c1-15(28)21-10-20(18-11-24-26(2)13-18)19-6-3-16(9-22(19)25-21)12-27-7-8-29-23(14-27)17-4-5-17/h3,6,9-11,13,17,23H,4-5,7-8,12,14H2,1-2H3. The Morgan fingerprint density at radius 1 is 1.28 bits per heavy atom. The summed E-state index contributed by atoms with van der Waals surface area (Å²) >= 11 is 2.16. The first kappa shape index (κ1) is 18.8. The molecule has 0 N–H and O–H groups in total. The molecule has 5 rings (SSSR count). The van der Waals surface area contributed by atoms with Gasteiger partial charge in [0, 0.05) is 61.8 Å². The molecule has 3 heterocycles. The zero-order valence-electron chi connectivity index (χ0n) is 17.0. The van der Waals surface area contributed by atoms with Gasteiger partial charge in [-0.15, -0.1) is 0 Å². The van der Waals surface area contributed by atoms with Gasteiger partial charge in [0.05, 0.1) is 11.7 Å². The Labute approximate surface area is 175 Å². The lowest BCUT2D eigenvalue weighted by molar-refractivity contribution is 0.101. The van der Waals surface area contributed by atoms with Gasteiger partial charge in [-0.25, -0.2) is 4.98 Å². The van der Waals surface area contributed by atoms with Crippen molar-refractivity contribution in [1.29, 1.82) is 0 Å².